The van der Waals surface area contributed by atoms with Gasteiger partial charge in [0.05, 0.1) is 33.9 Å². The van der Waals surface area contributed by atoms with Crippen LogP contribution in [0, 0.1) is 5.41 Å². The molecule has 9 nitrogen and oxygen atoms in total. The van der Waals surface area contributed by atoms with Gasteiger partial charge in [-0.25, -0.2) is 4.79 Å². The lowest BCUT2D eigenvalue weighted by Crippen LogP contribution is -2.47. The first-order valence-corrected chi connectivity index (χ1v) is 11.1. The zero-order valence-corrected chi connectivity index (χ0v) is 21.4. The van der Waals surface area contributed by atoms with Gasteiger partial charge in [0.1, 0.15) is 28.6 Å². The fraction of sp³-hybridized carbons (Fsp3) is 0.462. The number of nitrogens with one attached hydrogen (secondary N) is 1. The highest BCUT2D eigenvalue weighted by molar-refractivity contribution is 5.77. The topological polar surface area (TPSA) is 113 Å². The SMILES string of the molecule is COc1cc(CC(CNC(=O)OC(C)(C)C)(Cc2cc(OC)cc(OC)c2)C(=O)O)cc(OC)c1. The summed E-state index contributed by atoms with van der Waals surface area (Å²) < 4.78 is 26.8. The lowest BCUT2D eigenvalue weighted by molar-refractivity contribution is -0.148. The highest BCUT2D eigenvalue weighted by atomic mass is 16.6. The van der Waals surface area contributed by atoms with Gasteiger partial charge in [0.25, 0.3) is 0 Å². The van der Waals surface area contributed by atoms with Crippen LogP contribution in [-0.4, -0.2) is 57.8 Å². The van der Waals surface area contributed by atoms with Gasteiger partial charge in [0.15, 0.2) is 0 Å². The van der Waals surface area contributed by atoms with Crippen molar-refractivity contribution in [1.82, 2.24) is 5.32 Å². The average molecular weight is 490 g/mol. The van der Waals surface area contributed by atoms with Crippen molar-refractivity contribution >= 4 is 12.1 Å². The van der Waals surface area contributed by atoms with Crippen molar-refractivity contribution in [2.45, 2.75) is 39.2 Å². The van der Waals surface area contributed by atoms with Gasteiger partial charge in [-0.15, -0.1) is 0 Å². The van der Waals surface area contributed by atoms with Crippen LogP contribution in [0.2, 0.25) is 0 Å². The number of benzene rings is 2. The van der Waals surface area contributed by atoms with Crippen molar-refractivity contribution in [3.63, 3.8) is 0 Å². The Bertz CT molecular complexity index is 926. The van der Waals surface area contributed by atoms with Crippen LogP contribution in [0.3, 0.4) is 0 Å². The molecule has 0 fully saturated rings. The maximum atomic E-state index is 12.8. The van der Waals surface area contributed by atoms with E-state index in [0.29, 0.717) is 34.1 Å². The molecule has 0 aliphatic carbocycles. The predicted octanol–water partition coefficient (Wildman–Crippen LogP) is 4.10. The third-order valence-electron chi connectivity index (χ3n) is 5.33. The van der Waals surface area contributed by atoms with E-state index in [1.54, 1.807) is 57.2 Å². The van der Waals surface area contributed by atoms with Crippen LogP contribution in [-0.2, 0) is 22.4 Å². The average Bonchev–Trinajstić information content (AvgIpc) is 2.80. The van der Waals surface area contributed by atoms with E-state index in [9.17, 15) is 14.7 Å². The lowest BCUT2D eigenvalue weighted by atomic mass is 9.76. The van der Waals surface area contributed by atoms with Crippen LogP contribution >= 0.6 is 0 Å². The van der Waals surface area contributed by atoms with E-state index < -0.39 is 23.1 Å². The number of hydrogen-bond donors (Lipinski definition) is 2. The third-order valence-corrected chi connectivity index (χ3v) is 5.33. The number of methoxy groups -OCH3 is 4. The van der Waals surface area contributed by atoms with Gasteiger partial charge >= 0.3 is 12.1 Å². The van der Waals surface area contributed by atoms with Crippen molar-refractivity contribution in [3.8, 4) is 23.0 Å². The molecule has 0 spiro atoms. The van der Waals surface area contributed by atoms with Gasteiger partial charge in [-0.1, -0.05) is 0 Å². The second kappa shape index (κ2) is 11.7. The molecule has 0 atom stereocenters. The third kappa shape index (κ3) is 7.98. The molecule has 0 saturated heterocycles. The summed E-state index contributed by atoms with van der Waals surface area (Å²) >= 11 is 0. The molecule has 0 heterocycles. The number of ether oxygens (including phenoxy) is 5. The fourth-order valence-corrected chi connectivity index (χ4v) is 3.69. The van der Waals surface area contributed by atoms with Crippen LogP contribution < -0.4 is 24.3 Å². The number of rotatable bonds is 11. The number of carbonyl (C=O) groups is 2. The summed E-state index contributed by atoms with van der Waals surface area (Å²) in [6.45, 7) is 5.03. The highest BCUT2D eigenvalue weighted by Gasteiger charge is 2.40. The molecule has 0 unspecified atom stereocenters. The monoisotopic (exact) mass is 489 g/mol. The lowest BCUT2D eigenvalue weighted by Gasteiger charge is -2.31. The van der Waals surface area contributed by atoms with Gasteiger partial charge in [0.2, 0.25) is 0 Å². The molecule has 9 heteroatoms. The van der Waals surface area contributed by atoms with E-state index in [1.807, 2.05) is 0 Å². The van der Waals surface area contributed by atoms with Gasteiger partial charge in [0, 0.05) is 18.7 Å². The van der Waals surface area contributed by atoms with E-state index in [-0.39, 0.29) is 19.4 Å². The molecule has 0 aromatic heterocycles. The summed E-state index contributed by atoms with van der Waals surface area (Å²) in [5.41, 5.74) is -0.823. The van der Waals surface area contributed by atoms with Crippen molar-refractivity contribution in [3.05, 3.63) is 47.5 Å². The number of amides is 1. The molecule has 0 radical (unpaired) electrons. The normalized spacial score (nSPS) is 11.4. The van der Waals surface area contributed by atoms with Gasteiger partial charge in [-0.3, -0.25) is 4.79 Å². The molecule has 0 saturated carbocycles. The van der Waals surface area contributed by atoms with Gasteiger partial charge < -0.3 is 34.1 Å². The molecule has 192 valence electrons. The second-order valence-electron chi connectivity index (χ2n) is 9.24. The molecular formula is C26H35NO8. The van der Waals surface area contributed by atoms with Gasteiger partial charge in [-0.2, -0.15) is 0 Å². The van der Waals surface area contributed by atoms with Crippen LogP contribution in [0.4, 0.5) is 4.79 Å². The molecule has 2 aromatic carbocycles. The molecule has 35 heavy (non-hydrogen) atoms. The predicted molar refractivity (Wildman–Crippen MR) is 131 cm³/mol. The van der Waals surface area contributed by atoms with Crippen molar-refractivity contribution < 1.29 is 38.4 Å². The Balaban J connectivity index is 2.52. The fourth-order valence-electron chi connectivity index (χ4n) is 3.69. The number of hydrogen-bond acceptors (Lipinski definition) is 7. The van der Waals surface area contributed by atoms with Crippen LogP contribution in [0.15, 0.2) is 36.4 Å². The van der Waals surface area contributed by atoms with E-state index in [4.69, 9.17) is 23.7 Å². The Morgan fingerprint density at radius 2 is 1.11 bits per heavy atom. The Morgan fingerprint density at radius 3 is 1.40 bits per heavy atom. The Labute approximate surface area is 206 Å². The minimum absolute atomic E-state index is 0.0746. The summed E-state index contributed by atoms with van der Waals surface area (Å²) in [5.74, 6) is 1.03. The number of aliphatic carboxylic acids is 1. The van der Waals surface area contributed by atoms with Crippen molar-refractivity contribution in [2.75, 3.05) is 35.0 Å². The summed E-state index contributed by atoms with van der Waals surface area (Å²) in [6, 6.07) is 10.4. The minimum atomic E-state index is -1.44. The maximum Gasteiger partial charge on any atom is 0.407 e. The Hall–Kier alpha value is -3.62. The zero-order chi connectivity index (χ0) is 26.2. The van der Waals surface area contributed by atoms with E-state index >= 15 is 0 Å². The largest absolute Gasteiger partial charge is 0.497 e. The number of carboxylic acids is 1. The maximum absolute atomic E-state index is 12.8. The van der Waals surface area contributed by atoms with Crippen molar-refractivity contribution in [1.29, 1.82) is 0 Å². The van der Waals surface area contributed by atoms with Crippen molar-refractivity contribution in [2.24, 2.45) is 5.41 Å². The van der Waals surface area contributed by atoms with Crippen LogP contribution in [0.25, 0.3) is 0 Å². The standard InChI is InChI=1S/C26H35NO8/c1-25(2,3)35-24(30)27-16-26(23(28)29,14-17-8-19(31-4)12-20(9-17)32-5)15-18-10-21(33-6)13-22(11-18)34-7/h8-13H,14-16H2,1-7H3,(H,27,30)(H,28,29). The first kappa shape index (κ1) is 27.6. The molecule has 2 aromatic rings. The quantitative estimate of drug-likeness (QED) is 0.485. The molecule has 2 rings (SSSR count). The summed E-state index contributed by atoms with van der Waals surface area (Å²) in [5, 5.41) is 13.1. The first-order chi connectivity index (χ1) is 16.4. The zero-order valence-electron chi connectivity index (χ0n) is 21.4. The number of carbonyl (C=O) groups excluding carboxylic acids is 1. The summed E-state index contributed by atoms with van der Waals surface area (Å²) in [6.07, 6.45) is -0.550. The molecule has 0 aliphatic rings. The van der Waals surface area contributed by atoms with E-state index in [2.05, 4.69) is 5.32 Å². The molecule has 1 amide bonds. The van der Waals surface area contributed by atoms with Crippen LogP contribution in [0.1, 0.15) is 31.9 Å². The second-order valence-corrected chi connectivity index (χ2v) is 9.24. The van der Waals surface area contributed by atoms with Gasteiger partial charge in [-0.05, 0) is 69.0 Å². The Kier molecular flexibility index (Phi) is 9.22. The molecular weight excluding hydrogens is 454 g/mol. The highest BCUT2D eigenvalue weighted by Crippen LogP contribution is 2.34. The van der Waals surface area contributed by atoms with Crippen LogP contribution in [0.5, 0.6) is 23.0 Å². The number of carboxylic acid groups (broad SMARTS) is 1. The Morgan fingerprint density at radius 1 is 0.743 bits per heavy atom. The molecule has 0 bridgehead atoms. The van der Waals surface area contributed by atoms with E-state index in [0.717, 1.165) is 0 Å². The number of alkyl carbamates (subject to hydrolysis) is 1. The molecule has 0 aliphatic heterocycles. The summed E-state index contributed by atoms with van der Waals surface area (Å²) in [4.78, 5) is 25.3. The smallest absolute Gasteiger partial charge is 0.407 e. The first-order valence-electron chi connectivity index (χ1n) is 11.1. The van der Waals surface area contributed by atoms with E-state index in [1.165, 1.54) is 28.4 Å². The minimum Gasteiger partial charge on any atom is -0.497 e. The summed E-state index contributed by atoms with van der Waals surface area (Å²) in [7, 11) is 6.09. The molecule has 2 N–H and O–H groups in total.